The van der Waals surface area contributed by atoms with E-state index in [1.165, 1.54) is 50.4 Å². The third-order valence-corrected chi connectivity index (χ3v) is 11.4. The molecule has 4 heteroatoms. The van der Waals surface area contributed by atoms with Crippen molar-refractivity contribution in [2.45, 2.75) is 81.6 Å². The average molecular weight is 736 g/mol. The summed E-state index contributed by atoms with van der Waals surface area (Å²) < 4.78 is 8.79. The van der Waals surface area contributed by atoms with Crippen LogP contribution in [0.25, 0.3) is 73.3 Å². The Morgan fingerprint density at radius 1 is 0.679 bits per heavy atom. The number of fused-ring (bicyclic) bond motifs is 4. The van der Waals surface area contributed by atoms with Crippen LogP contribution >= 0.6 is 0 Å². The number of aromatic nitrogens is 3. The molecule has 3 aromatic heterocycles. The molecule has 0 unspecified atom stereocenters. The Morgan fingerprint density at radius 3 is 2.12 bits per heavy atom. The minimum atomic E-state index is 0.653. The maximum atomic E-state index is 6.40. The van der Waals surface area contributed by atoms with Crippen LogP contribution in [0.3, 0.4) is 0 Å². The molecule has 0 saturated heterocycles. The molecule has 4 aromatic carbocycles. The molecule has 56 heavy (non-hydrogen) atoms. The van der Waals surface area contributed by atoms with Gasteiger partial charge in [0.15, 0.2) is 5.82 Å². The van der Waals surface area contributed by atoms with E-state index in [2.05, 4.69) is 164 Å². The van der Waals surface area contributed by atoms with E-state index in [0.717, 1.165) is 74.6 Å². The number of allylic oxidation sites excluding steroid dienone is 8. The second-order valence-corrected chi connectivity index (χ2v) is 15.1. The predicted molar refractivity (Wildman–Crippen MR) is 240 cm³/mol. The summed E-state index contributed by atoms with van der Waals surface area (Å²) in [5, 5.41) is 3.18. The molecule has 0 radical (unpaired) electrons. The highest BCUT2D eigenvalue weighted by Gasteiger charge is 2.19. The first-order valence-electron chi connectivity index (χ1n) is 19.9. The Kier molecular flexibility index (Phi) is 11.2. The van der Waals surface area contributed by atoms with Gasteiger partial charge in [-0.1, -0.05) is 102 Å². The number of benzene rings is 4. The van der Waals surface area contributed by atoms with Gasteiger partial charge in [0.25, 0.3) is 0 Å². The van der Waals surface area contributed by atoms with Crippen molar-refractivity contribution in [2.24, 2.45) is 0 Å². The van der Waals surface area contributed by atoms with Crippen LogP contribution in [0.15, 0.2) is 142 Å². The summed E-state index contributed by atoms with van der Waals surface area (Å²) in [7, 11) is 0. The summed E-state index contributed by atoms with van der Waals surface area (Å²) in [6, 6.07) is 31.5. The summed E-state index contributed by atoms with van der Waals surface area (Å²) in [6.45, 7) is 19.9. The van der Waals surface area contributed by atoms with Crippen molar-refractivity contribution < 1.29 is 4.42 Å². The fraction of sp³-hybridized carbons (Fsp3) is 0.231. The van der Waals surface area contributed by atoms with Gasteiger partial charge in [-0.3, -0.25) is 0 Å². The van der Waals surface area contributed by atoms with Crippen molar-refractivity contribution in [1.29, 1.82) is 0 Å². The summed E-state index contributed by atoms with van der Waals surface area (Å²) in [4.78, 5) is 10.3. The van der Waals surface area contributed by atoms with E-state index in [4.69, 9.17) is 14.4 Å². The summed E-state index contributed by atoms with van der Waals surface area (Å²) in [6.07, 6.45) is 14.4. The number of nitrogens with zero attached hydrogens (tertiary/aromatic N) is 3. The Labute approximate surface area is 332 Å². The first-order valence-corrected chi connectivity index (χ1v) is 19.9. The van der Waals surface area contributed by atoms with E-state index in [1.807, 2.05) is 24.3 Å². The molecule has 0 aliphatic rings. The first-order chi connectivity index (χ1) is 27.1. The Hall–Kier alpha value is -6.00. The van der Waals surface area contributed by atoms with E-state index in [-0.39, 0.29) is 0 Å². The normalized spacial score (nSPS) is 13.5. The Morgan fingerprint density at radius 2 is 1.38 bits per heavy atom. The van der Waals surface area contributed by atoms with Gasteiger partial charge >= 0.3 is 0 Å². The van der Waals surface area contributed by atoms with E-state index >= 15 is 0 Å². The first kappa shape index (κ1) is 38.3. The highest BCUT2D eigenvalue weighted by molar-refractivity contribution is 6.09. The third-order valence-electron chi connectivity index (χ3n) is 11.4. The molecule has 4 nitrogen and oxygen atoms in total. The average Bonchev–Trinajstić information content (AvgIpc) is 3.70. The van der Waals surface area contributed by atoms with Crippen LogP contribution in [0.1, 0.15) is 90.2 Å². The van der Waals surface area contributed by atoms with Crippen LogP contribution in [-0.4, -0.2) is 14.5 Å². The second kappa shape index (κ2) is 16.4. The number of rotatable bonds is 11. The van der Waals surface area contributed by atoms with Gasteiger partial charge in [0.05, 0.1) is 16.8 Å². The Bertz CT molecular complexity index is 2740. The van der Waals surface area contributed by atoms with Gasteiger partial charge in [-0.25, -0.2) is 9.97 Å². The molecular formula is C52H53N3O. The quantitative estimate of drug-likeness (QED) is 0.124. The van der Waals surface area contributed by atoms with Crippen LogP contribution < -0.4 is 0 Å². The van der Waals surface area contributed by atoms with Crippen LogP contribution in [0.5, 0.6) is 0 Å². The zero-order chi connectivity index (χ0) is 39.5. The minimum Gasteiger partial charge on any atom is -0.455 e. The van der Waals surface area contributed by atoms with Crippen molar-refractivity contribution in [1.82, 2.24) is 14.5 Å². The van der Waals surface area contributed by atoms with Gasteiger partial charge in [-0.15, -0.1) is 0 Å². The molecule has 0 aliphatic heterocycles. The number of furan rings is 1. The summed E-state index contributed by atoms with van der Waals surface area (Å²) in [5.41, 5.74) is 18.6. The van der Waals surface area contributed by atoms with Crippen LogP contribution in [-0.2, 0) is 0 Å². The Balaban J connectivity index is 1.21. The molecule has 0 N–H and O–H groups in total. The molecule has 0 spiro atoms. The van der Waals surface area contributed by atoms with Gasteiger partial charge < -0.3 is 8.98 Å². The van der Waals surface area contributed by atoms with E-state index in [9.17, 15) is 0 Å². The molecule has 0 amide bonds. The molecule has 0 atom stereocenters. The SMILES string of the molecule is C\C=C/C(C)=C(C)/C(C)=C(\C)CCC/C(C)=C/c1c(/C=C\C)c(C)n(-c2ccc(-c3nc(-c4cccc5c4oc4ccccc45)nc4ccccc34)cc2)c1C. The predicted octanol–water partition coefficient (Wildman–Crippen LogP) is 15.1. The van der Waals surface area contributed by atoms with Gasteiger partial charge in [0.2, 0.25) is 0 Å². The highest BCUT2D eigenvalue weighted by Crippen LogP contribution is 2.37. The lowest BCUT2D eigenvalue weighted by molar-refractivity contribution is 0.669. The molecule has 3 heterocycles. The highest BCUT2D eigenvalue weighted by atomic mass is 16.3. The lowest BCUT2D eigenvalue weighted by Crippen LogP contribution is -2.00. The zero-order valence-electron chi connectivity index (χ0n) is 34.4. The molecule has 7 rings (SSSR count). The van der Waals surface area contributed by atoms with Gasteiger partial charge in [-0.05, 0) is 129 Å². The zero-order valence-corrected chi connectivity index (χ0v) is 34.4. The van der Waals surface area contributed by atoms with E-state index < -0.39 is 0 Å². The maximum Gasteiger partial charge on any atom is 0.164 e. The molecule has 0 fully saturated rings. The molecule has 7 aromatic rings. The van der Waals surface area contributed by atoms with Gasteiger partial charge in [0, 0.05) is 49.9 Å². The largest absolute Gasteiger partial charge is 0.455 e. The monoisotopic (exact) mass is 735 g/mol. The number of hydrogen-bond donors (Lipinski definition) is 0. The second-order valence-electron chi connectivity index (χ2n) is 15.1. The van der Waals surface area contributed by atoms with Crippen molar-refractivity contribution in [2.75, 3.05) is 0 Å². The summed E-state index contributed by atoms with van der Waals surface area (Å²) >= 11 is 0. The van der Waals surface area contributed by atoms with Crippen molar-refractivity contribution >= 4 is 45.0 Å². The van der Waals surface area contributed by atoms with E-state index in [0.29, 0.717) is 5.82 Å². The van der Waals surface area contributed by atoms with Gasteiger partial charge in [-0.2, -0.15) is 0 Å². The standard InChI is InChI=1S/C52H53N3O/c1-10-18-34(4)36(6)37(7)35(5)21-16-20-33(3)32-47-39(9)55(38(8)42(47)19-11-2)41-30-28-40(29-31-41)50-45-23-12-14-26-48(45)53-52(54-50)46-25-17-24-44-43-22-13-15-27-49(43)56-51(44)46/h10-15,17-19,22-32H,16,20-21H2,1-9H3/b18-10-,19-11-,33-32+,36-34+,37-35+. The van der Waals surface area contributed by atoms with Crippen LogP contribution in [0.2, 0.25) is 0 Å². The van der Waals surface area contributed by atoms with Crippen molar-refractivity contribution in [3.63, 3.8) is 0 Å². The van der Waals surface area contributed by atoms with Crippen molar-refractivity contribution in [3.8, 4) is 28.3 Å². The van der Waals surface area contributed by atoms with Gasteiger partial charge in [0.1, 0.15) is 11.2 Å². The number of hydrogen-bond acceptors (Lipinski definition) is 3. The third kappa shape index (κ3) is 7.36. The minimum absolute atomic E-state index is 0.653. The fourth-order valence-electron chi connectivity index (χ4n) is 8.07. The molecule has 0 aliphatic carbocycles. The lowest BCUT2D eigenvalue weighted by atomic mass is 9.95. The molecule has 0 saturated carbocycles. The fourth-order valence-corrected chi connectivity index (χ4v) is 8.07. The van der Waals surface area contributed by atoms with Crippen LogP contribution in [0.4, 0.5) is 0 Å². The van der Waals surface area contributed by atoms with Crippen molar-refractivity contribution in [3.05, 3.63) is 160 Å². The smallest absolute Gasteiger partial charge is 0.164 e. The topological polar surface area (TPSA) is 43.9 Å². The maximum absolute atomic E-state index is 6.40. The molecule has 282 valence electrons. The van der Waals surface area contributed by atoms with E-state index in [1.54, 1.807) is 0 Å². The molecular weight excluding hydrogens is 683 g/mol. The molecule has 0 bridgehead atoms. The van der Waals surface area contributed by atoms with Crippen LogP contribution in [0, 0.1) is 13.8 Å². The summed E-state index contributed by atoms with van der Waals surface area (Å²) in [5.74, 6) is 0.653. The lowest BCUT2D eigenvalue weighted by Gasteiger charge is -2.13. The number of para-hydroxylation sites is 3.